The van der Waals surface area contributed by atoms with Crippen LogP contribution in [0.1, 0.15) is 29.2 Å². The zero-order valence-electron chi connectivity index (χ0n) is 12.0. The lowest BCUT2D eigenvalue weighted by Gasteiger charge is -2.14. The number of rotatable bonds is 7. The second kappa shape index (κ2) is 7.47. The summed E-state index contributed by atoms with van der Waals surface area (Å²) < 4.78 is 28.5. The summed E-state index contributed by atoms with van der Waals surface area (Å²) in [5, 5.41) is 6.56. The summed E-state index contributed by atoms with van der Waals surface area (Å²) in [5.74, 6) is 0.180. The number of halogens is 2. The molecule has 0 amide bonds. The summed E-state index contributed by atoms with van der Waals surface area (Å²) in [6.45, 7) is 2.06. The number of alkyl halides is 2. The Labute approximate surface area is 127 Å². The molecule has 1 heterocycles. The van der Waals surface area contributed by atoms with E-state index in [1.54, 1.807) is 35.6 Å². The maximum absolute atomic E-state index is 12.1. The average molecular weight is 312 g/mol. The zero-order valence-corrected chi connectivity index (χ0v) is 12.8. The molecule has 2 rings (SSSR count). The predicted molar refractivity (Wildman–Crippen MR) is 80.0 cm³/mol. The average Bonchev–Trinajstić information content (AvgIpc) is 2.84. The van der Waals surface area contributed by atoms with Gasteiger partial charge in [0.1, 0.15) is 5.75 Å². The molecule has 1 atom stereocenters. The van der Waals surface area contributed by atoms with Crippen LogP contribution < -0.4 is 10.1 Å². The molecule has 2 aromatic rings. The van der Waals surface area contributed by atoms with Crippen LogP contribution in [0, 0.1) is 6.92 Å². The van der Waals surface area contributed by atoms with Gasteiger partial charge in [0.25, 0.3) is 0 Å². The van der Waals surface area contributed by atoms with Crippen LogP contribution in [0.3, 0.4) is 0 Å². The van der Waals surface area contributed by atoms with Crippen LogP contribution in [-0.4, -0.2) is 18.1 Å². The van der Waals surface area contributed by atoms with Gasteiger partial charge in [-0.05, 0) is 31.5 Å². The van der Waals surface area contributed by atoms with Gasteiger partial charge >= 0.3 is 6.61 Å². The van der Waals surface area contributed by atoms with E-state index in [1.165, 1.54) is 0 Å². The molecule has 0 aliphatic carbocycles. The Hall–Kier alpha value is -1.53. The van der Waals surface area contributed by atoms with Crippen LogP contribution >= 0.6 is 11.3 Å². The number of aryl methyl sites for hydroxylation is 1. The molecule has 1 unspecified atom stereocenters. The summed E-state index contributed by atoms with van der Waals surface area (Å²) >= 11 is 1.67. The van der Waals surface area contributed by atoms with Crippen LogP contribution in [0.5, 0.6) is 5.75 Å². The Kier molecular flexibility index (Phi) is 5.64. The van der Waals surface area contributed by atoms with Gasteiger partial charge in [0.2, 0.25) is 0 Å². The van der Waals surface area contributed by atoms with Gasteiger partial charge in [-0.25, -0.2) is 4.98 Å². The number of hydrogen-bond donors (Lipinski definition) is 1. The Morgan fingerprint density at radius 1 is 1.29 bits per heavy atom. The van der Waals surface area contributed by atoms with E-state index in [-0.39, 0.29) is 11.8 Å². The van der Waals surface area contributed by atoms with Crippen molar-refractivity contribution in [2.45, 2.75) is 32.9 Å². The van der Waals surface area contributed by atoms with Crippen molar-refractivity contribution in [1.82, 2.24) is 10.3 Å². The molecule has 1 aromatic carbocycles. The zero-order chi connectivity index (χ0) is 15.2. The lowest BCUT2D eigenvalue weighted by atomic mass is 10.1. The smallest absolute Gasteiger partial charge is 0.387 e. The highest BCUT2D eigenvalue weighted by atomic mass is 32.1. The molecule has 0 radical (unpaired) electrons. The minimum atomic E-state index is -2.78. The van der Waals surface area contributed by atoms with Crippen LogP contribution in [0.25, 0.3) is 0 Å². The van der Waals surface area contributed by atoms with Crippen molar-refractivity contribution in [1.29, 1.82) is 0 Å². The fourth-order valence-electron chi connectivity index (χ4n) is 1.97. The SMILES string of the molecule is Cc1csc(CCNC(C)c2ccc(OC(F)F)cc2)n1. The first-order valence-corrected chi connectivity index (χ1v) is 7.61. The van der Waals surface area contributed by atoms with E-state index < -0.39 is 6.61 Å². The van der Waals surface area contributed by atoms with Gasteiger partial charge in [-0.2, -0.15) is 8.78 Å². The van der Waals surface area contributed by atoms with Crippen molar-refractivity contribution < 1.29 is 13.5 Å². The largest absolute Gasteiger partial charge is 0.435 e. The van der Waals surface area contributed by atoms with E-state index in [0.29, 0.717) is 0 Å². The van der Waals surface area contributed by atoms with Gasteiger partial charge in [-0.3, -0.25) is 0 Å². The van der Waals surface area contributed by atoms with Gasteiger partial charge in [0.15, 0.2) is 0 Å². The van der Waals surface area contributed by atoms with Crippen molar-refractivity contribution in [3.05, 3.63) is 45.9 Å². The summed E-state index contributed by atoms with van der Waals surface area (Å²) in [6, 6.07) is 6.85. The number of aromatic nitrogens is 1. The van der Waals surface area contributed by atoms with Gasteiger partial charge in [0.05, 0.1) is 5.01 Å². The van der Waals surface area contributed by atoms with Crippen LogP contribution in [0.4, 0.5) is 8.78 Å². The first-order chi connectivity index (χ1) is 10.0. The van der Waals surface area contributed by atoms with E-state index in [0.717, 1.165) is 29.2 Å². The number of nitrogens with one attached hydrogen (secondary N) is 1. The maximum atomic E-state index is 12.1. The lowest BCUT2D eigenvalue weighted by Crippen LogP contribution is -2.21. The molecule has 3 nitrogen and oxygen atoms in total. The summed E-state index contributed by atoms with van der Waals surface area (Å²) in [6.07, 6.45) is 0.884. The molecule has 0 bridgehead atoms. The molecule has 1 aromatic heterocycles. The van der Waals surface area contributed by atoms with Crippen molar-refractivity contribution in [3.8, 4) is 5.75 Å². The number of hydrogen-bond acceptors (Lipinski definition) is 4. The van der Waals surface area contributed by atoms with E-state index >= 15 is 0 Å². The molecule has 0 saturated carbocycles. The molecule has 6 heteroatoms. The maximum Gasteiger partial charge on any atom is 0.387 e. The predicted octanol–water partition coefficient (Wildman–Crippen LogP) is 3.95. The van der Waals surface area contributed by atoms with Crippen molar-refractivity contribution in [2.75, 3.05) is 6.54 Å². The van der Waals surface area contributed by atoms with E-state index in [1.807, 2.05) is 19.2 Å². The minimum absolute atomic E-state index is 0.145. The molecular formula is C15H18F2N2OS. The van der Waals surface area contributed by atoms with Crippen LogP contribution in [0.2, 0.25) is 0 Å². The molecule has 21 heavy (non-hydrogen) atoms. The first kappa shape index (κ1) is 15.9. The molecule has 0 saturated heterocycles. The van der Waals surface area contributed by atoms with Crippen LogP contribution in [0.15, 0.2) is 29.6 Å². The Bertz CT molecular complexity index is 557. The highest BCUT2D eigenvalue weighted by Gasteiger charge is 2.08. The highest BCUT2D eigenvalue weighted by molar-refractivity contribution is 7.09. The summed E-state index contributed by atoms with van der Waals surface area (Å²) in [4.78, 5) is 4.41. The normalized spacial score (nSPS) is 12.6. The summed E-state index contributed by atoms with van der Waals surface area (Å²) in [7, 11) is 0. The Balaban J connectivity index is 1.81. The quantitative estimate of drug-likeness (QED) is 0.840. The topological polar surface area (TPSA) is 34.1 Å². The van der Waals surface area contributed by atoms with Crippen molar-refractivity contribution in [3.63, 3.8) is 0 Å². The number of ether oxygens (including phenoxy) is 1. The van der Waals surface area contributed by atoms with Gasteiger partial charge in [0, 0.05) is 30.1 Å². The molecule has 1 N–H and O–H groups in total. The van der Waals surface area contributed by atoms with E-state index in [9.17, 15) is 8.78 Å². The second-order valence-corrected chi connectivity index (χ2v) is 5.70. The molecule has 0 spiro atoms. The van der Waals surface area contributed by atoms with Gasteiger partial charge < -0.3 is 10.1 Å². The fraction of sp³-hybridized carbons (Fsp3) is 0.400. The molecule has 0 fully saturated rings. The molecular weight excluding hydrogens is 294 g/mol. The monoisotopic (exact) mass is 312 g/mol. The molecule has 0 aliphatic heterocycles. The number of benzene rings is 1. The Morgan fingerprint density at radius 2 is 2.00 bits per heavy atom. The number of nitrogens with zero attached hydrogens (tertiary/aromatic N) is 1. The number of thiazole rings is 1. The molecule has 0 aliphatic rings. The standard InChI is InChI=1S/C15H18F2N2OS/c1-10-9-21-14(19-10)7-8-18-11(2)12-3-5-13(6-4-12)20-15(16)17/h3-6,9,11,15,18H,7-8H2,1-2H3. The van der Waals surface area contributed by atoms with Crippen molar-refractivity contribution in [2.24, 2.45) is 0 Å². The lowest BCUT2D eigenvalue weighted by molar-refractivity contribution is -0.0498. The fourth-order valence-corrected chi connectivity index (χ4v) is 2.74. The highest BCUT2D eigenvalue weighted by Crippen LogP contribution is 2.19. The third-order valence-electron chi connectivity index (χ3n) is 3.06. The van der Waals surface area contributed by atoms with Crippen molar-refractivity contribution >= 4 is 11.3 Å². The third kappa shape index (κ3) is 5.06. The minimum Gasteiger partial charge on any atom is -0.435 e. The van der Waals surface area contributed by atoms with Gasteiger partial charge in [-0.15, -0.1) is 11.3 Å². The van der Waals surface area contributed by atoms with Gasteiger partial charge in [-0.1, -0.05) is 12.1 Å². The first-order valence-electron chi connectivity index (χ1n) is 6.74. The van der Waals surface area contributed by atoms with E-state index in [4.69, 9.17) is 0 Å². The Morgan fingerprint density at radius 3 is 2.57 bits per heavy atom. The second-order valence-electron chi connectivity index (χ2n) is 4.76. The molecule has 114 valence electrons. The van der Waals surface area contributed by atoms with Crippen LogP contribution in [-0.2, 0) is 6.42 Å². The third-order valence-corrected chi connectivity index (χ3v) is 4.09. The summed E-state index contributed by atoms with van der Waals surface area (Å²) in [5.41, 5.74) is 2.09. The van der Waals surface area contributed by atoms with E-state index in [2.05, 4.69) is 15.0 Å².